The fourth-order valence-corrected chi connectivity index (χ4v) is 3.00. The fourth-order valence-electron chi connectivity index (χ4n) is 3.00. The molecule has 2 aliphatic heterocycles. The van der Waals surface area contributed by atoms with E-state index in [-0.39, 0.29) is 11.9 Å². The number of nitrogens with zero attached hydrogens (tertiary/aromatic N) is 1. The van der Waals surface area contributed by atoms with Crippen molar-refractivity contribution in [3.05, 3.63) is 29.8 Å². The third-order valence-electron chi connectivity index (χ3n) is 3.82. The summed E-state index contributed by atoms with van der Waals surface area (Å²) in [6, 6.07) is 7.20. The Balaban J connectivity index is 2.16. The zero-order chi connectivity index (χ0) is 13.5. The highest BCUT2D eigenvalue weighted by Gasteiger charge is 2.51. The van der Waals surface area contributed by atoms with Crippen molar-refractivity contribution in [1.82, 2.24) is 4.90 Å². The van der Waals surface area contributed by atoms with Gasteiger partial charge in [-0.15, -0.1) is 0 Å². The summed E-state index contributed by atoms with van der Waals surface area (Å²) in [7, 11) is 0. The quantitative estimate of drug-likeness (QED) is 0.560. The second-order valence-corrected chi connectivity index (χ2v) is 5.01. The Morgan fingerprint density at radius 1 is 1.47 bits per heavy atom. The number of hydrogen-bond donors (Lipinski definition) is 1. The molecule has 1 unspecified atom stereocenters. The van der Waals surface area contributed by atoms with E-state index in [1.54, 1.807) is 11.8 Å². The molecule has 2 aliphatic rings. The van der Waals surface area contributed by atoms with E-state index in [9.17, 15) is 4.79 Å². The number of amides is 1. The molecular formula is C15H17N2O2+. The number of rotatable bonds is 0. The molecule has 0 aromatic heterocycles. The SMILES string of the molecule is CC#CC1([OH2+])Nc2ccccc2C(=O)N2CCC[C@H]21. The Labute approximate surface area is 112 Å². The Morgan fingerprint density at radius 2 is 2.26 bits per heavy atom. The van der Waals surface area contributed by atoms with Crippen LogP contribution in [0.25, 0.3) is 0 Å². The van der Waals surface area contributed by atoms with E-state index in [0.717, 1.165) is 12.8 Å². The molecule has 2 heterocycles. The first-order valence-corrected chi connectivity index (χ1v) is 6.53. The number of hydrogen-bond acceptors (Lipinski definition) is 2. The van der Waals surface area contributed by atoms with Crippen LogP contribution in [0.4, 0.5) is 5.69 Å². The third-order valence-corrected chi connectivity index (χ3v) is 3.82. The van der Waals surface area contributed by atoms with Gasteiger partial charge in [-0.05, 0) is 31.9 Å². The summed E-state index contributed by atoms with van der Waals surface area (Å²) in [5.74, 6) is 5.78. The molecule has 0 spiro atoms. The summed E-state index contributed by atoms with van der Waals surface area (Å²) >= 11 is 0. The van der Waals surface area contributed by atoms with E-state index >= 15 is 0 Å². The monoisotopic (exact) mass is 257 g/mol. The topological polar surface area (TPSA) is 55.2 Å². The van der Waals surface area contributed by atoms with Gasteiger partial charge in [0.1, 0.15) is 6.04 Å². The Morgan fingerprint density at radius 3 is 3.05 bits per heavy atom. The van der Waals surface area contributed by atoms with E-state index in [0.29, 0.717) is 17.8 Å². The lowest BCUT2D eigenvalue weighted by Gasteiger charge is -2.29. The Bertz CT molecular complexity index is 587. The maximum Gasteiger partial charge on any atom is 0.326 e. The second kappa shape index (κ2) is 4.29. The molecule has 98 valence electrons. The summed E-state index contributed by atoms with van der Waals surface area (Å²) in [4.78, 5) is 14.4. The zero-order valence-electron chi connectivity index (χ0n) is 10.9. The van der Waals surface area contributed by atoms with Gasteiger partial charge in [-0.2, -0.15) is 0 Å². The molecule has 1 aromatic carbocycles. The van der Waals surface area contributed by atoms with E-state index in [2.05, 4.69) is 17.2 Å². The minimum Gasteiger partial charge on any atom is -0.413 e. The number of para-hydroxylation sites is 1. The largest absolute Gasteiger partial charge is 0.413 e. The molecule has 4 heteroatoms. The van der Waals surface area contributed by atoms with E-state index in [1.165, 1.54) is 0 Å². The number of nitrogens with one attached hydrogen (secondary N) is 1. The van der Waals surface area contributed by atoms with Crippen LogP contribution in [-0.4, -0.2) is 34.2 Å². The summed E-state index contributed by atoms with van der Waals surface area (Å²) in [6.45, 7) is 2.45. The first-order chi connectivity index (χ1) is 9.15. The smallest absolute Gasteiger partial charge is 0.326 e. The summed E-state index contributed by atoms with van der Waals surface area (Å²) < 4.78 is 0. The first kappa shape index (κ1) is 12.1. The predicted octanol–water partition coefficient (Wildman–Crippen LogP) is 1.16. The molecule has 3 rings (SSSR count). The van der Waals surface area contributed by atoms with Crippen molar-refractivity contribution >= 4 is 11.6 Å². The minimum atomic E-state index is -1.12. The summed E-state index contributed by atoms with van der Waals surface area (Å²) in [5.41, 5.74) is 0.231. The van der Waals surface area contributed by atoms with E-state index < -0.39 is 5.72 Å². The molecular weight excluding hydrogens is 240 g/mol. The van der Waals surface area contributed by atoms with Crippen LogP contribution in [0, 0.1) is 11.8 Å². The molecule has 0 radical (unpaired) electrons. The van der Waals surface area contributed by atoms with E-state index in [1.807, 2.05) is 24.3 Å². The van der Waals surface area contributed by atoms with Crippen LogP contribution in [0.1, 0.15) is 30.1 Å². The van der Waals surface area contributed by atoms with Crippen LogP contribution in [0.2, 0.25) is 0 Å². The number of anilines is 1. The maximum absolute atomic E-state index is 12.6. The molecule has 0 saturated carbocycles. The minimum absolute atomic E-state index is 0.0117. The normalized spacial score (nSPS) is 28.6. The molecule has 19 heavy (non-hydrogen) atoms. The Kier molecular flexibility index (Phi) is 2.72. The lowest BCUT2D eigenvalue weighted by atomic mass is 10.0. The second-order valence-electron chi connectivity index (χ2n) is 5.01. The highest BCUT2D eigenvalue weighted by atomic mass is 16.3. The average molecular weight is 257 g/mol. The summed E-state index contributed by atoms with van der Waals surface area (Å²) in [5, 5.41) is 11.8. The van der Waals surface area contributed by atoms with Crippen LogP contribution < -0.4 is 5.32 Å². The van der Waals surface area contributed by atoms with Crippen LogP contribution in [0.15, 0.2) is 24.3 Å². The third kappa shape index (κ3) is 1.78. The predicted molar refractivity (Wildman–Crippen MR) is 73.9 cm³/mol. The number of fused-ring (bicyclic) bond motifs is 2. The summed E-state index contributed by atoms with van der Waals surface area (Å²) in [6.07, 6.45) is 1.76. The van der Waals surface area contributed by atoms with Gasteiger partial charge in [-0.3, -0.25) is 4.79 Å². The molecule has 0 aliphatic carbocycles. The van der Waals surface area contributed by atoms with Gasteiger partial charge in [0.2, 0.25) is 0 Å². The van der Waals surface area contributed by atoms with Crippen LogP contribution in [0.5, 0.6) is 0 Å². The van der Waals surface area contributed by atoms with Crippen molar-refractivity contribution in [2.75, 3.05) is 11.9 Å². The van der Waals surface area contributed by atoms with Gasteiger partial charge in [0.15, 0.2) is 0 Å². The van der Waals surface area contributed by atoms with Crippen molar-refractivity contribution < 1.29 is 9.90 Å². The Hall–Kier alpha value is -1.99. The van der Waals surface area contributed by atoms with Crippen molar-refractivity contribution in [2.24, 2.45) is 0 Å². The molecule has 4 nitrogen and oxygen atoms in total. The first-order valence-electron chi connectivity index (χ1n) is 6.53. The molecule has 1 fully saturated rings. The van der Waals surface area contributed by atoms with Gasteiger partial charge >= 0.3 is 5.72 Å². The number of carbonyl (C=O) groups is 1. The van der Waals surface area contributed by atoms with Crippen LogP contribution in [-0.2, 0) is 0 Å². The standard InChI is InChI=1S/C15H16N2O2/c1-2-9-15(19)13-8-5-10-17(13)14(18)11-6-3-4-7-12(11)16-15/h3-4,6-7,13,16,19H,5,8,10H2,1H3/p+1/t13-,15?/m0/s1. The zero-order valence-corrected chi connectivity index (χ0v) is 10.9. The van der Waals surface area contributed by atoms with Gasteiger partial charge in [0.05, 0.1) is 11.3 Å². The van der Waals surface area contributed by atoms with E-state index in [4.69, 9.17) is 5.11 Å². The van der Waals surface area contributed by atoms with Crippen molar-refractivity contribution in [3.63, 3.8) is 0 Å². The van der Waals surface area contributed by atoms with Crippen LogP contribution >= 0.6 is 0 Å². The molecule has 1 saturated heterocycles. The van der Waals surface area contributed by atoms with Gasteiger partial charge < -0.3 is 15.3 Å². The average Bonchev–Trinajstić information content (AvgIpc) is 2.86. The number of benzene rings is 1. The van der Waals surface area contributed by atoms with Gasteiger partial charge in [-0.1, -0.05) is 18.1 Å². The van der Waals surface area contributed by atoms with Crippen molar-refractivity contribution in [3.8, 4) is 11.8 Å². The highest BCUT2D eigenvalue weighted by Crippen LogP contribution is 2.34. The lowest BCUT2D eigenvalue weighted by molar-refractivity contribution is 0.0337. The molecule has 0 bridgehead atoms. The fraction of sp³-hybridized carbons (Fsp3) is 0.400. The molecule has 1 aromatic rings. The molecule has 2 atom stereocenters. The van der Waals surface area contributed by atoms with Gasteiger partial charge in [0, 0.05) is 12.5 Å². The highest BCUT2D eigenvalue weighted by molar-refractivity contribution is 6.01. The van der Waals surface area contributed by atoms with Crippen molar-refractivity contribution in [1.29, 1.82) is 0 Å². The van der Waals surface area contributed by atoms with Gasteiger partial charge in [-0.25, -0.2) is 0 Å². The molecule has 1 amide bonds. The number of carbonyl (C=O) groups excluding carboxylic acids is 1. The van der Waals surface area contributed by atoms with Crippen LogP contribution in [0.3, 0.4) is 0 Å². The van der Waals surface area contributed by atoms with Crippen molar-refractivity contribution in [2.45, 2.75) is 31.5 Å². The van der Waals surface area contributed by atoms with Gasteiger partial charge in [0.25, 0.3) is 5.91 Å². The maximum atomic E-state index is 12.6. The lowest BCUT2D eigenvalue weighted by Crippen LogP contribution is -2.53. The molecule has 3 N–H and O–H groups in total.